The molecular formula is C16H26O4. The molecule has 0 atom stereocenters. The van der Waals surface area contributed by atoms with Crippen LogP contribution in [-0.4, -0.2) is 50.4 Å². The highest BCUT2D eigenvalue weighted by atomic mass is 16.5. The Morgan fingerprint density at radius 3 is 2.30 bits per heavy atom. The van der Waals surface area contributed by atoms with E-state index in [1.165, 1.54) is 0 Å². The molecule has 0 aliphatic heterocycles. The number of methoxy groups -OCH3 is 1. The molecule has 0 fully saturated rings. The van der Waals surface area contributed by atoms with Gasteiger partial charge >= 0.3 is 0 Å². The molecule has 1 aromatic carbocycles. The topological polar surface area (TPSA) is 58.9 Å². The van der Waals surface area contributed by atoms with Gasteiger partial charge in [-0.1, -0.05) is 30.3 Å². The molecule has 0 unspecified atom stereocenters. The van der Waals surface area contributed by atoms with E-state index in [0.29, 0.717) is 32.7 Å². The number of benzene rings is 1. The van der Waals surface area contributed by atoms with Crippen LogP contribution in [0.4, 0.5) is 0 Å². The van der Waals surface area contributed by atoms with Crippen LogP contribution < -0.4 is 0 Å². The zero-order chi connectivity index (χ0) is 14.7. The second-order valence-corrected chi connectivity index (χ2v) is 5.19. The number of ether oxygens (including phenoxy) is 2. The predicted molar refractivity (Wildman–Crippen MR) is 78.7 cm³/mol. The number of hydrogen-bond donors (Lipinski definition) is 2. The van der Waals surface area contributed by atoms with E-state index in [4.69, 9.17) is 9.47 Å². The van der Waals surface area contributed by atoms with Crippen molar-refractivity contribution in [2.45, 2.75) is 19.3 Å². The molecule has 20 heavy (non-hydrogen) atoms. The molecule has 0 amide bonds. The smallest absolute Gasteiger partial charge is 0.0513 e. The van der Waals surface area contributed by atoms with Crippen molar-refractivity contribution >= 4 is 0 Å². The van der Waals surface area contributed by atoms with E-state index in [9.17, 15) is 10.2 Å². The first-order valence-electron chi connectivity index (χ1n) is 7.09. The van der Waals surface area contributed by atoms with Crippen molar-refractivity contribution in [3.8, 4) is 0 Å². The molecular weight excluding hydrogens is 256 g/mol. The van der Waals surface area contributed by atoms with E-state index in [2.05, 4.69) is 0 Å². The summed E-state index contributed by atoms with van der Waals surface area (Å²) in [6.45, 7) is 1.79. The SMILES string of the molecule is COCCCOCCC(CO)(CO)Cc1ccccc1. The first kappa shape index (κ1) is 17.1. The molecule has 0 aromatic heterocycles. The van der Waals surface area contributed by atoms with E-state index in [-0.39, 0.29) is 13.2 Å². The molecule has 0 aliphatic rings. The number of aliphatic hydroxyl groups excluding tert-OH is 2. The molecule has 0 saturated carbocycles. The second-order valence-electron chi connectivity index (χ2n) is 5.19. The standard InChI is InChI=1S/C16H26O4/c1-19-9-5-10-20-11-8-16(13-17,14-18)12-15-6-3-2-4-7-15/h2-4,6-7,17-18H,5,8-14H2,1H3. The van der Waals surface area contributed by atoms with Crippen LogP contribution in [0, 0.1) is 5.41 Å². The molecule has 0 saturated heterocycles. The summed E-state index contributed by atoms with van der Waals surface area (Å²) in [6.07, 6.45) is 2.16. The Hall–Kier alpha value is -0.940. The van der Waals surface area contributed by atoms with E-state index in [1.54, 1.807) is 7.11 Å². The van der Waals surface area contributed by atoms with Gasteiger partial charge in [0, 0.05) is 32.3 Å². The third kappa shape index (κ3) is 6.01. The van der Waals surface area contributed by atoms with Crippen LogP contribution in [0.5, 0.6) is 0 Å². The Kier molecular flexibility index (Phi) is 8.46. The van der Waals surface area contributed by atoms with Crippen molar-refractivity contribution < 1.29 is 19.7 Å². The number of hydrogen-bond acceptors (Lipinski definition) is 4. The van der Waals surface area contributed by atoms with Crippen molar-refractivity contribution in [2.75, 3.05) is 40.1 Å². The van der Waals surface area contributed by atoms with Gasteiger partial charge in [0.25, 0.3) is 0 Å². The maximum absolute atomic E-state index is 9.64. The Balaban J connectivity index is 2.41. The number of rotatable bonds is 11. The minimum atomic E-state index is -0.511. The summed E-state index contributed by atoms with van der Waals surface area (Å²) in [5, 5.41) is 19.3. The average molecular weight is 282 g/mol. The molecule has 4 heteroatoms. The normalized spacial score (nSPS) is 11.8. The van der Waals surface area contributed by atoms with Gasteiger partial charge in [0.1, 0.15) is 0 Å². The maximum Gasteiger partial charge on any atom is 0.0513 e. The second kappa shape index (κ2) is 9.88. The highest BCUT2D eigenvalue weighted by Gasteiger charge is 2.28. The molecule has 0 aliphatic carbocycles. The van der Waals surface area contributed by atoms with Gasteiger partial charge in [-0.25, -0.2) is 0 Å². The molecule has 1 rings (SSSR count). The molecule has 0 radical (unpaired) electrons. The van der Waals surface area contributed by atoms with Crippen LogP contribution in [0.25, 0.3) is 0 Å². The van der Waals surface area contributed by atoms with Crippen LogP contribution in [0.2, 0.25) is 0 Å². The molecule has 0 bridgehead atoms. The summed E-state index contributed by atoms with van der Waals surface area (Å²) >= 11 is 0. The fraction of sp³-hybridized carbons (Fsp3) is 0.625. The van der Waals surface area contributed by atoms with E-state index in [0.717, 1.165) is 12.0 Å². The van der Waals surface area contributed by atoms with Crippen molar-refractivity contribution in [1.29, 1.82) is 0 Å². The lowest BCUT2D eigenvalue weighted by molar-refractivity contribution is 0.0129. The van der Waals surface area contributed by atoms with Crippen LogP contribution >= 0.6 is 0 Å². The van der Waals surface area contributed by atoms with Gasteiger partial charge in [-0.2, -0.15) is 0 Å². The lowest BCUT2D eigenvalue weighted by atomic mass is 9.80. The minimum Gasteiger partial charge on any atom is -0.396 e. The van der Waals surface area contributed by atoms with Crippen molar-refractivity contribution in [3.63, 3.8) is 0 Å². The van der Waals surface area contributed by atoms with Crippen molar-refractivity contribution in [1.82, 2.24) is 0 Å². The first-order chi connectivity index (χ1) is 9.76. The summed E-state index contributed by atoms with van der Waals surface area (Å²) in [5.41, 5.74) is 0.609. The molecule has 2 N–H and O–H groups in total. The van der Waals surface area contributed by atoms with E-state index >= 15 is 0 Å². The number of aliphatic hydroxyl groups is 2. The Morgan fingerprint density at radius 1 is 1.00 bits per heavy atom. The Morgan fingerprint density at radius 2 is 1.70 bits per heavy atom. The third-order valence-electron chi connectivity index (χ3n) is 3.51. The van der Waals surface area contributed by atoms with Crippen LogP contribution in [0.3, 0.4) is 0 Å². The summed E-state index contributed by atoms with van der Waals surface area (Å²) < 4.78 is 10.5. The lowest BCUT2D eigenvalue weighted by Gasteiger charge is -2.30. The zero-order valence-corrected chi connectivity index (χ0v) is 12.3. The van der Waals surface area contributed by atoms with Gasteiger partial charge in [0.2, 0.25) is 0 Å². The Labute approximate surface area is 121 Å². The maximum atomic E-state index is 9.64. The molecule has 1 aromatic rings. The zero-order valence-electron chi connectivity index (χ0n) is 12.3. The summed E-state index contributed by atoms with van der Waals surface area (Å²) in [5.74, 6) is 0. The molecule has 4 nitrogen and oxygen atoms in total. The fourth-order valence-corrected chi connectivity index (χ4v) is 2.13. The monoisotopic (exact) mass is 282 g/mol. The van der Waals surface area contributed by atoms with Gasteiger partial charge in [0.05, 0.1) is 13.2 Å². The van der Waals surface area contributed by atoms with E-state index < -0.39 is 5.41 Å². The minimum absolute atomic E-state index is 0.0418. The average Bonchev–Trinajstić information content (AvgIpc) is 2.50. The van der Waals surface area contributed by atoms with Crippen molar-refractivity contribution in [3.05, 3.63) is 35.9 Å². The highest BCUT2D eigenvalue weighted by Crippen LogP contribution is 2.26. The first-order valence-corrected chi connectivity index (χ1v) is 7.09. The van der Waals surface area contributed by atoms with Gasteiger partial charge < -0.3 is 19.7 Å². The van der Waals surface area contributed by atoms with Crippen LogP contribution in [0.15, 0.2) is 30.3 Å². The van der Waals surface area contributed by atoms with Gasteiger partial charge in [-0.3, -0.25) is 0 Å². The van der Waals surface area contributed by atoms with Crippen molar-refractivity contribution in [2.24, 2.45) is 5.41 Å². The van der Waals surface area contributed by atoms with Gasteiger partial charge in [0.15, 0.2) is 0 Å². The highest BCUT2D eigenvalue weighted by molar-refractivity contribution is 5.16. The summed E-state index contributed by atoms with van der Waals surface area (Å²) in [7, 11) is 1.67. The molecule has 114 valence electrons. The summed E-state index contributed by atoms with van der Waals surface area (Å²) in [6, 6.07) is 9.92. The largest absolute Gasteiger partial charge is 0.396 e. The quantitative estimate of drug-likeness (QED) is 0.606. The molecule has 0 spiro atoms. The van der Waals surface area contributed by atoms with Gasteiger partial charge in [-0.15, -0.1) is 0 Å². The lowest BCUT2D eigenvalue weighted by Crippen LogP contribution is -2.34. The molecule has 0 heterocycles. The Bertz CT molecular complexity index is 336. The third-order valence-corrected chi connectivity index (χ3v) is 3.51. The van der Waals surface area contributed by atoms with Crippen LogP contribution in [0.1, 0.15) is 18.4 Å². The van der Waals surface area contributed by atoms with Crippen LogP contribution in [-0.2, 0) is 15.9 Å². The fourth-order valence-electron chi connectivity index (χ4n) is 2.13. The van der Waals surface area contributed by atoms with E-state index in [1.807, 2.05) is 30.3 Å². The summed E-state index contributed by atoms with van der Waals surface area (Å²) in [4.78, 5) is 0. The van der Waals surface area contributed by atoms with Gasteiger partial charge in [-0.05, 0) is 24.8 Å². The predicted octanol–water partition coefficient (Wildman–Crippen LogP) is 1.64.